The number of hydrogen-bond acceptors (Lipinski definition) is 6. The van der Waals surface area contributed by atoms with Gasteiger partial charge >= 0.3 is 0 Å². The van der Waals surface area contributed by atoms with Crippen LogP contribution in [0.3, 0.4) is 0 Å². The molecular weight excluding hydrogens is 296 g/mol. The van der Waals surface area contributed by atoms with E-state index in [9.17, 15) is 0 Å². The highest BCUT2D eigenvalue weighted by atomic mass is 32.1. The molecule has 0 fully saturated rings. The summed E-state index contributed by atoms with van der Waals surface area (Å²) in [6.07, 6.45) is 0. The maximum atomic E-state index is 5.35. The van der Waals surface area contributed by atoms with E-state index in [1.54, 1.807) is 0 Å². The Kier molecular flexibility index (Phi) is 4.27. The van der Waals surface area contributed by atoms with Gasteiger partial charge in [-0.2, -0.15) is 0 Å². The first kappa shape index (κ1) is 14.0. The zero-order valence-electron chi connectivity index (χ0n) is 10.2. The highest BCUT2D eigenvalue weighted by molar-refractivity contribution is 7.80. The third-order valence-corrected chi connectivity index (χ3v) is 2.50. The minimum Gasteiger partial charge on any atom is -0.375 e. The number of nitrogens with two attached hydrogens (primary N) is 2. The fourth-order valence-electron chi connectivity index (χ4n) is 1.53. The van der Waals surface area contributed by atoms with Gasteiger partial charge in [-0.3, -0.25) is 21.7 Å². The Bertz CT molecular complexity index is 602. The van der Waals surface area contributed by atoms with Crippen LogP contribution in [0.1, 0.15) is 0 Å². The molecule has 0 atom stereocenters. The maximum absolute atomic E-state index is 5.35. The number of anilines is 2. The van der Waals surface area contributed by atoms with E-state index in [1.807, 2.05) is 24.3 Å². The molecule has 0 bridgehead atoms. The monoisotopic (exact) mass is 308 g/mol. The largest absolute Gasteiger partial charge is 0.375 e. The second kappa shape index (κ2) is 6.12. The lowest BCUT2D eigenvalue weighted by Crippen LogP contribution is -2.35. The molecule has 8 nitrogen and oxygen atoms in total. The first-order valence-corrected chi connectivity index (χ1v) is 6.28. The lowest BCUT2D eigenvalue weighted by molar-refractivity contribution is 0.981. The molecule has 0 aliphatic heterocycles. The molecule has 20 heavy (non-hydrogen) atoms. The van der Waals surface area contributed by atoms with E-state index >= 15 is 0 Å². The molecule has 8 N–H and O–H groups in total. The fourth-order valence-corrected chi connectivity index (χ4v) is 1.63. The van der Waals surface area contributed by atoms with Crippen molar-refractivity contribution in [2.45, 2.75) is 0 Å². The first-order valence-electron chi connectivity index (χ1n) is 5.46. The van der Waals surface area contributed by atoms with Gasteiger partial charge in [-0.25, -0.2) is 0 Å². The number of hydrazine groups is 2. The number of nitrogens with zero attached hydrogens (tertiary/aromatic N) is 2. The molecule has 0 aliphatic carbocycles. The Balaban J connectivity index is 2.36. The molecular formula is C10H12N8S2. The molecule has 0 radical (unpaired) electrons. The van der Waals surface area contributed by atoms with Crippen LogP contribution in [-0.2, 0) is 0 Å². The van der Waals surface area contributed by atoms with Crippen LogP contribution in [-0.4, -0.2) is 20.4 Å². The molecule has 0 saturated heterocycles. The summed E-state index contributed by atoms with van der Waals surface area (Å²) in [7, 11) is 0. The third kappa shape index (κ3) is 3.30. The minimum absolute atomic E-state index is 0.105. The van der Waals surface area contributed by atoms with Crippen LogP contribution >= 0.6 is 24.4 Å². The molecule has 0 amide bonds. The van der Waals surface area contributed by atoms with E-state index < -0.39 is 0 Å². The van der Waals surface area contributed by atoms with Crippen molar-refractivity contribution in [2.24, 2.45) is 11.5 Å². The lowest BCUT2D eigenvalue weighted by atomic mass is 10.2. The van der Waals surface area contributed by atoms with Crippen molar-refractivity contribution in [3.8, 4) is 0 Å². The number of rotatable bonds is 4. The smallest absolute Gasteiger partial charge is 0.182 e. The first-order chi connectivity index (χ1) is 9.58. The zero-order valence-corrected chi connectivity index (χ0v) is 11.8. The van der Waals surface area contributed by atoms with Crippen LogP contribution in [0.15, 0.2) is 24.3 Å². The van der Waals surface area contributed by atoms with Gasteiger partial charge in [-0.15, -0.1) is 10.2 Å². The van der Waals surface area contributed by atoms with E-state index in [2.05, 4.69) is 31.9 Å². The van der Waals surface area contributed by atoms with Gasteiger partial charge in [-0.05, 0) is 24.4 Å². The highest BCUT2D eigenvalue weighted by Gasteiger charge is 2.08. The summed E-state index contributed by atoms with van der Waals surface area (Å²) in [6.45, 7) is 0. The molecule has 1 aromatic heterocycles. The number of hydrogen-bond donors (Lipinski definition) is 6. The van der Waals surface area contributed by atoms with Gasteiger partial charge in [0.2, 0.25) is 0 Å². The van der Waals surface area contributed by atoms with Gasteiger partial charge in [0, 0.05) is 10.8 Å². The second-order valence-electron chi connectivity index (χ2n) is 3.67. The third-order valence-electron chi connectivity index (χ3n) is 2.30. The van der Waals surface area contributed by atoms with Crippen molar-refractivity contribution in [1.29, 1.82) is 0 Å². The molecule has 0 unspecified atom stereocenters. The Morgan fingerprint density at radius 2 is 1.25 bits per heavy atom. The highest BCUT2D eigenvalue weighted by Crippen LogP contribution is 2.24. The number of nitrogens with one attached hydrogen (secondary N) is 4. The summed E-state index contributed by atoms with van der Waals surface area (Å²) in [4.78, 5) is 0. The van der Waals surface area contributed by atoms with Crippen LogP contribution in [0.25, 0.3) is 10.8 Å². The van der Waals surface area contributed by atoms with Gasteiger partial charge in [0.15, 0.2) is 21.9 Å². The topological polar surface area (TPSA) is 126 Å². The van der Waals surface area contributed by atoms with Crippen LogP contribution < -0.4 is 33.2 Å². The lowest BCUT2D eigenvalue weighted by Gasteiger charge is -2.12. The predicted molar refractivity (Wildman–Crippen MR) is 86.6 cm³/mol. The van der Waals surface area contributed by atoms with E-state index in [-0.39, 0.29) is 10.2 Å². The molecule has 1 aromatic carbocycles. The number of fused-ring (bicyclic) bond motifs is 1. The van der Waals surface area contributed by atoms with Crippen LogP contribution in [0.4, 0.5) is 11.6 Å². The Morgan fingerprint density at radius 3 is 1.60 bits per heavy atom. The van der Waals surface area contributed by atoms with Crippen molar-refractivity contribution < 1.29 is 0 Å². The molecule has 0 aliphatic rings. The molecule has 104 valence electrons. The van der Waals surface area contributed by atoms with Gasteiger partial charge in [0.1, 0.15) is 0 Å². The maximum Gasteiger partial charge on any atom is 0.182 e. The fraction of sp³-hybridized carbons (Fsp3) is 0. The van der Waals surface area contributed by atoms with E-state index in [4.69, 9.17) is 35.9 Å². The standard InChI is InChI=1S/C10H12N8S2/c11-9(19)17-15-7-5-3-1-2-4-6(5)8(14-13-7)16-18-10(12)20/h1-4H,(H,13,15)(H,14,16)(H3,11,17,19)(H3,12,18,20). The molecule has 0 saturated carbocycles. The average molecular weight is 308 g/mol. The SMILES string of the molecule is NC(=S)NNc1nnc(NNC(N)=S)c2ccccc12. The molecule has 0 spiro atoms. The average Bonchev–Trinajstić information content (AvgIpc) is 2.43. The quantitative estimate of drug-likeness (QED) is 0.338. The van der Waals surface area contributed by atoms with Crippen molar-refractivity contribution >= 4 is 57.1 Å². The van der Waals surface area contributed by atoms with Crippen LogP contribution in [0, 0.1) is 0 Å². The van der Waals surface area contributed by atoms with Crippen molar-refractivity contribution in [2.75, 3.05) is 10.9 Å². The number of thiocarbonyl (C=S) groups is 2. The Hall–Kier alpha value is -2.46. The Labute approximate surface area is 125 Å². The van der Waals surface area contributed by atoms with Crippen LogP contribution in [0.5, 0.6) is 0 Å². The number of aromatic nitrogens is 2. The van der Waals surface area contributed by atoms with Crippen molar-refractivity contribution in [3.05, 3.63) is 24.3 Å². The van der Waals surface area contributed by atoms with Crippen molar-refractivity contribution in [1.82, 2.24) is 21.0 Å². The van der Waals surface area contributed by atoms with E-state index in [0.717, 1.165) is 10.8 Å². The molecule has 2 aromatic rings. The van der Waals surface area contributed by atoms with Gasteiger partial charge in [-0.1, -0.05) is 24.3 Å². The van der Waals surface area contributed by atoms with Gasteiger partial charge in [0.05, 0.1) is 0 Å². The summed E-state index contributed by atoms with van der Waals surface area (Å²) >= 11 is 9.44. The second-order valence-corrected chi connectivity index (χ2v) is 4.55. The summed E-state index contributed by atoms with van der Waals surface area (Å²) in [6, 6.07) is 7.50. The summed E-state index contributed by atoms with van der Waals surface area (Å²) in [5.74, 6) is 0.989. The van der Waals surface area contributed by atoms with E-state index in [0.29, 0.717) is 11.6 Å². The van der Waals surface area contributed by atoms with E-state index in [1.165, 1.54) is 0 Å². The molecule has 2 rings (SSSR count). The molecule has 10 heteroatoms. The van der Waals surface area contributed by atoms with Gasteiger partial charge in [0.25, 0.3) is 0 Å². The normalized spacial score (nSPS) is 9.80. The zero-order chi connectivity index (χ0) is 14.5. The molecule has 1 heterocycles. The summed E-state index contributed by atoms with van der Waals surface area (Å²) in [5.41, 5.74) is 21.5. The minimum atomic E-state index is 0.105. The van der Waals surface area contributed by atoms with Crippen molar-refractivity contribution in [3.63, 3.8) is 0 Å². The Morgan fingerprint density at radius 1 is 0.850 bits per heavy atom. The summed E-state index contributed by atoms with van der Waals surface area (Å²) in [5, 5.41) is 9.91. The van der Waals surface area contributed by atoms with Crippen LogP contribution in [0.2, 0.25) is 0 Å². The predicted octanol–water partition coefficient (Wildman–Crippen LogP) is -0.0500. The number of benzene rings is 1. The van der Waals surface area contributed by atoms with Gasteiger partial charge < -0.3 is 11.5 Å². The summed E-state index contributed by atoms with van der Waals surface area (Å²) < 4.78 is 0.